The smallest absolute Gasteiger partial charge is 0.270 e. The largest absolute Gasteiger partial charge is 0.385 e. The van der Waals surface area contributed by atoms with Gasteiger partial charge in [-0.15, -0.1) is 0 Å². The van der Waals surface area contributed by atoms with Crippen LogP contribution in [-0.2, 0) is 0 Å². The summed E-state index contributed by atoms with van der Waals surface area (Å²) >= 11 is 0. The molecule has 0 spiro atoms. The third kappa shape index (κ3) is 3.97. The van der Waals surface area contributed by atoms with Crippen LogP contribution >= 0.6 is 0 Å². The highest BCUT2D eigenvalue weighted by molar-refractivity contribution is 5.94. The second-order valence-electron chi connectivity index (χ2n) is 7.18. The van der Waals surface area contributed by atoms with Crippen molar-refractivity contribution < 1.29 is 4.92 Å². The molecule has 9 nitrogen and oxygen atoms in total. The van der Waals surface area contributed by atoms with Gasteiger partial charge in [0.1, 0.15) is 5.69 Å². The summed E-state index contributed by atoms with van der Waals surface area (Å²) in [4.78, 5) is 21.0. The lowest BCUT2D eigenvalue weighted by molar-refractivity contribution is -0.384. The van der Waals surface area contributed by atoms with Gasteiger partial charge in [-0.05, 0) is 50.3 Å². The van der Waals surface area contributed by atoms with Crippen molar-refractivity contribution in [3.05, 3.63) is 46.5 Å². The van der Waals surface area contributed by atoms with E-state index in [0.29, 0.717) is 16.9 Å². The second kappa shape index (κ2) is 8.50. The zero-order valence-corrected chi connectivity index (χ0v) is 17.1. The van der Waals surface area contributed by atoms with Crippen molar-refractivity contribution in [2.75, 3.05) is 31.5 Å². The molecule has 0 amide bonds. The van der Waals surface area contributed by atoms with Crippen molar-refractivity contribution in [3.8, 4) is 11.5 Å². The maximum absolute atomic E-state index is 11.1. The Bertz CT molecular complexity index is 1180. The number of non-ortho nitro benzene ring substituents is 1. The monoisotopic (exact) mass is 407 g/mol. The van der Waals surface area contributed by atoms with E-state index in [-0.39, 0.29) is 5.69 Å². The Morgan fingerprint density at radius 3 is 2.73 bits per heavy atom. The number of nitro groups is 1. The lowest BCUT2D eigenvalue weighted by Crippen LogP contribution is -2.25. The molecule has 0 fully saturated rings. The zero-order valence-electron chi connectivity index (χ0n) is 17.1. The quantitative estimate of drug-likeness (QED) is 0.218. The van der Waals surface area contributed by atoms with Gasteiger partial charge in [0.25, 0.3) is 5.69 Å². The molecule has 0 aliphatic carbocycles. The van der Waals surface area contributed by atoms with E-state index >= 15 is 0 Å². The molecule has 0 atom stereocenters. The van der Waals surface area contributed by atoms with Crippen LogP contribution in [0.5, 0.6) is 0 Å². The second-order valence-corrected chi connectivity index (χ2v) is 7.18. The van der Waals surface area contributed by atoms with Crippen LogP contribution in [0.2, 0.25) is 0 Å². The molecule has 4 rings (SSSR count). The fourth-order valence-electron chi connectivity index (χ4n) is 3.60. The molecule has 30 heavy (non-hydrogen) atoms. The number of imidazole rings is 1. The fraction of sp³-hybridized carbons (Fsp3) is 0.333. The van der Waals surface area contributed by atoms with Crippen LogP contribution in [0.1, 0.15) is 20.3 Å². The molecule has 156 valence electrons. The van der Waals surface area contributed by atoms with Gasteiger partial charge >= 0.3 is 0 Å². The first-order valence-electron chi connectivity index (χ1n) is 10.2. The molecule has 0 saturated carbocycles. The third-order valence-corrected chi connectivity index (χ3v) is 5.34. The molecular formula is C21H25N7O2. The minimum Gasteiger partial charge on any atom is -0.385 e. The number of fused-ring (bicyclic) bond motifs is 2. The van der Waals surface area contributed by atoms with Gasteiger partial charge in [0.2, 0.25) is 0 Å². The SMILES string of the molecule is CCN(CC)CCCNc1ccc2nc(-c3n[nH]c4ccc([N+](=O)[O-])cc34)[nH]c2c1. The van der Waals surface area contributed by atoms with E-state index in [4.69, 9.17) is 0 Å². The summed E-state index contributed by atoms with van der Waals surface area (Å²) in [6.45, 7) is 8.49. The molecule has 4 aromatic rings. The van der Waals surface area contributed by atoms with Gasteiger partial charge in [-0.1, -0.05) is 13.8 Å². The number of rotatable bonds is 9. The van der Waals surface area contributed by atoms with Crippen molar-refractivity contribution in [3.63, 3.8) is 0 Å². The summed E-state index contributed by atoms with van der Waals surface area (Å²) in [7, 11) is 0. The first kappa shape index (κ1) is 19.8. The molecule has 0 radical (unpaired) electrons. The molecule has 3 N–H and O–H groups in total. The zero-order chi connectivity index (χ0) is 21.1. The van der Waals surface area contributed by atoms with Crippen LogP contribution in [0.3, 0.4) is 0 Å². The lowest BCUT2D eigenvalue weighted by atomic mass is 10.2. The molecule has 0 bridgehead atoms. The number of nitrogens with one attached hydrogen (secondary N) is 3. The Balaban J connectivity index is 1.54. The van der Waals surface area contributed by atoms with Gasteiger partial charge in [-0.3, -0.25) is 15.2 Å². The Morgan fingerprint density at radius 2 is 1.97 bits per heavy atom. The van der Waals surface area contributed by atoms with Crippen molar-refractivity contribution in [2.24, 2.45) is 0 Å². The van der Waals surface area contributed by atoms with Gasteiger partial charge in [0.15, 0.2) is 5.82 Å². The Labute approximate surface area is 173 Å². The molecule has 9 heteroatoms. The Morgan fingerprint density at radius 1 is 1.13 bits per heavy atom. The van der Waals surface area contributed by atoms with Gasteiger partial charge in [0.05, 0.1) is 21.5 Å². The number of hydrogen-bond acceptors (Lipinski definition) is 6. The standard InChI is InChI=1S/C21H25N7O2/c1-3-27(4-2)11-5-10-22-14-6-8-18-19(12-14)24-21(23-18)20-16-13-15(28(29)30)7-9-17(16)25-26-20/h6-9,12-13,22H,3-5,10-11H2,1-2H3,(H,23,24)(H,25,26). The number of benzene rings is 2. The van der Waals surface area contributed by atoms with Crippen LogP contribution < -0.4 is 5.32 Å². The molecule has 0 saturated heterocycles. The van der Waals surface area contributed by atoms with Gasteiger partial charge in [-0.25, -0.2) is 4.98 Å². The summed E-state index contributed by atoms with van der Waals surface area (Å²) < 4.78 is 0. The van der Waals surface area contributed by atoms with Gasteiger partial charge < -0.3 is 15.2 Å². The van der Waals surface area contributed by atoms with Crippen molar-refractivity contribution >= 4 is 33.3 Å². The highest BCUT2D eigenvalue weighted by atomic mass is 16.6. The number of hydrogen-bond donors (Lipinski definition) is 3. The topological polar surface area (TPSA) is 116 Å². The number of aromatic nitrogens is 4. The number of anilines is 1. The normalized spacial score (nSPS) is 11.6. The van der Waals surface area contributed by atoms with Crippen molar-refractivity contribution in [1.29, 1.82) is 0 Å². The highest BCUT2D eigenvalue weighted by Gasteiger charge is 2.16. The van der Waals surface area contributed by atoms with Crippen LogP contribution in [0.4, 0.5) is 11.4 Å². The minimum atomic E-state index is -0.410. The van der Waals surface area contributed by atoms with E-state index in [1.165, 1.54) is 12.1 Å². The van der Waals surface area contributed by atoms with Crippen LogP contribution in [-0.4, -0.2) is 56.2 Å². The molecule has 2 aromatic heterocycles. The van der Waals surface area contributed by atoms with Gasteiger partial charge in [0, 0.05) is 29.8 Å². The number of nitrogens with zero attached hydrogens (tertiary/aromatic N) is 4. The number of H-pyrrole nitrogens is 2. The molecule has 2 aromatic carbocycles. The van der Waals surface area contributed by atoms with Crippen LogP contribution in [0.25, 0.3) is 33.5 Å². The average Bonchev–Trinajstić information content (AvgIpc) is 3.36. The van der Waals surface area contributed by atoms with E-state index in [9.17, 15) is 10.1 Å². The highest BCUT2D eigenvalue weighted by Crippen LogP contribution is 2.29. The molecule has 0 aliphatic heterocycles. The van der Waals surface area contributed by atoms with E-state index in [1.807, 2.05) is 18.2 Å². The van der Waals surface area contributed by atoms with Crippen molar-refractivity contribution in [1.82, 2.24) is 25.1 Å². The first-order chi connectivity index (χ1) is 14.6. The Kier molecular flexibility index (Phi) is 5.62. The van der Waals surface area contributed by atoms with Crippen LogP contribution in [0, 0.1) is 10.1 Å². The maximum Gasteiger partial charge on any atom is 0.270 e. The van der Waals surface area contributed by atoms with Crippen LogP contribution in [0.15, 0.2) is 36.4 Å². The summed E-state index contributed by atoms with van der Waals surface area (Å²) in [6.07, 6.45) is 1.08. The Hall–Kier alpha value is -3.46. The molecule has 0 unspecified atom stereocenters. The molecule has 2 heterocycles. The van der Waals surface area contributed by atoms with E-state index in [2.05, 4.69) is 44.2 Å². The average molecular weight is 407 g/mol. The van der Waals surface area contributed by atoms with E-state index in [0.717, 1.165) is 54.8 Å². The van der Waals surface area contributed by atoms with E-state index < -0.39 is 4.92 Å². The molecular weight excluding hydrogens is 382 g/mol. The fourth-order valence-corrected chi connectivity index (χ4v) is 3.60. The summed E-state index contributed by atoms with van der Waals surface area (Å²) in [5, 5.41) is 22.5. The van der Waals surface area contributed by atoms with Gasteiger partial charge in [-0.2, -0.15) is 5.10 Å². The molecule has 0 aliphatic rings. The number of nitro benzene ring substituents is 1. The summed E-state index contributed by atoms with van der Waals surface area (Å²) in [5.41, 5.74) is 4.06. The third-order valence-electron chi connectivity index (χ3n) is 5.34. The maximum atomic E-state index is 11.1. The first-order valence-corrected chi connectivity index (χ1v) is 10.2. The lowest BCUT2D eigenvalue weighted by Gasteiger charge is -2.17. The summed E-state index contributed by atoms with van der Waals surface area (Å²) in [5.74, 6) is 0.579. The summed E-state index contributed by atoms with van der Waals surface area (Å²) in [6, 6.07) is 10.6. The van der Waals surface area contributed by atoms with E-state index in [1.54, 1.807) is 6.07 Å². The van der Waals surface area contributed by atoms with Crippen molar-refractivity contribution in [2.45, 2.75) is 20.3 Å². The predicted molar refractivity (Wildman–Crippen MR) is 119 cm³/mol. The minimum absolute atomic E-state index is 0.0254. The number of aromatic amines is 2. The predicted octanol–water partition coefficient (Wildman–Crippen LogP) is 4.16.